The third-order valence-electron chi connectivity index (χ3n) is 10.2. The van der Waals surface area contributed by atoms with Gasteiger partial charge >= 0.3 is 0 Å². The molecule has 2 rings (SSSR count). The highest BCUT2D eigenvalue weighted by Gasteiger charge is 2.13. The van der Waals surface area contributed by atoms with Crippen LogP contribution in [-0.2, 0) is 44.6 Å². The summed E-state index contributed by atoms with van der Waals surface area (Å²) in [7, 11) is 0. The first kappa shape index (κ1) is 52.6. The van der Waals surface area contributed by atoms with Gasteiger partial charge in [0.2, 0.25) is 0 Å². The Morgan fingerprint density at radius 3 is 1.15 bits per heavy atom. The number of aromatic hydroxyl groups is 2. The molecular weight excluding hydrogens is 753 g/mol. The number of phenols is 2. The predicted molar refractivity (Wildman–Crippen MR) is 249 cm³/mol. The molecule has 0 saturated heterocycles. The molecule has 0 fully saturated rings. The first-order chi connectivity index (χ1) is 29.0. The number of hydrogen-bond acceptors (Lipinski definition) is 8. The fourth-order valence-electron chi connectivity index (χ4n) is 6.60. The minimum absolute atomic E-state index is 0.301. The van der Waals surface area contributed by atoms with Crippen molar-refractivity contribution in [2.45, 2.75) is 145 Å². The maximum Gasteiger partial charge on any atom is 0.126 e. The molecule has 0 aliphatic carbocycles. The van der Waals surface area contributed by atoms with Gasteiger partial charge < -0.3 is 38.6 Å². The highest BCUT2D eigenvalue weighted by molar-refractivity contribution is 5.49. The first-order valence-electron chi connectivity index (χ1n) is 22.9. The van der Waals surface area contributed by atoms with E-state index in [9.17, 15) is 10.2 Å². The van der Waals surface area contributed by atoms with Gasteiger partial charge in [0.25, 0.3) is 0 Å². The monoisotopic (exact) mass is 835 g/mol. The quantitative estimate of drug-likeness (QED) is 0.0524. The zero-order valence-corrected chi connectivity index (χ0v) is 38.9. The van der Waals surface area contributed by atoms with Crippen molar-refractivity contribution >= 4 is 0 Å². The van der Waals surface area contributed by atoms with Crippen molar-refractivity contribution in [3.63, 3.8) is 0 Å². The number of unbranched alkanes of at least 4 members (excludes halogenated alkanes) is 4. The van der Waals surface area contributed by atoms with Gasteiger partial charge in [-0.3, -0.25) is 0 Å². The lowest BCUT2D eigenvalue weighted by molar-refractivity contribution is -0.00704. The molecule has 0 aromatic heterocycles. The molecule has 2 aromatic rings. The highest BCUT2D eigenvalue weighted by Crippen LogP contribution is 2.33. The van der Waals surface area contributed by atoms with Crippen LogP contribution in [0.5, 0.6) is 23.0 Å². The largest absolute Gasteiger partial charge is 0.508 e. The Balaban J connectivity index is 1.67. The summed E-state index contributed by atoms with van der Waals surface area (Å²) in [4.78, 5) is 0. The Labute approximate surface area is 365 Å². The zero-order chi connectivity index (χ0) is 43.8. The van der Waals surface area contributed by atoms with E-state index in [0.29, 0.717) is 90.4 Å². The minimum Gasteiger partial charge on any atom is -0.508 e. The molecule has 0 atom stereocenters. The lowest BCUT2D eigenvalue weighted by Crippen LogP contribution is -2.15. The van der Waals surface area contributed by atoms with Gasteiger partial charge in [-0.2, -0.15) is 0 Å². The number of hydrogen-bond donors (Lipinski definition) is 2. The van der Waals surface area contributed by atoms with Gasteiger partial charge in [0.1, 0.15) is 36.2 Å². The molecule has 0 radical (unpaired) electrons. The molecule has 2 N–H and O–H groups in total. The molecule has 8 nitrogen and oxygen atoms in total. The summed E-state index contributed by atoms with van der Waals surface area (Å²) in [6.45, 7) is 21.7. The van der Waals surface area contributed by atoms with Crippen molar-refractivity contribution in [1.29, 1.82) is 0 Å². The van der Waals surface area contributed by atoms with Crippen molar-refractivity contribution in [3.05, 3.63) is 93.1 Å². The molecule has 8 heteroatoms. The van der Waals surface area contributed by atoms with Crippen LogP contribution in [0.15, 0.2) is 70.9 Å². The van der Waals surface area contributed by atoms with Gasteiger partial charge in [0.15, 0.2) is 0 Å². The molecule has 0 unspecified atom stereocenters. The van der Waals surface area contributed by atoms with E-state index in [1.165, 1.54) is 35.1 Å². The molecule has 338 valence electrons. The Hall–Kier alpha value is -3.56. The second kappa shape index (κ2) is 33.1. The molecule has 0 heterocycles. The topological polar surface area (TPSA) is 95.8 Å². The number of benzene rings is 2. The van der Waals surface area contributed by atoms with Crippen LogP contribution in [0, 0.1) is 0 Å². The summed E-state index contributed by atoms with van der Waals surface area (Å²) >= 11 is 0. The number of allylic oxidation sites excluding steroid dienone is 8. The molecule has 0 aliphatic heterocycles. The van der Waals surface area contributed by atoms with Gasteiger partial charge in [0, 0.05) is 11.1 Å². The average molecular weight is 835 g/mol. The van der Waals surface area contributed by atoms with Crippen LogP contribution in [0.2, 0.25) is 0 Å². The third-order valence-corrected chi connectivity index (χ3v) is 10.2. The van der Waals surface area contributed by atoms with Crippen LogP contribution < -0.4 is 9.47 Å². The number of phenolic OH excluding ortho intramolecular Hbond substituents is 2. The molecule has 0 aliphatic rings. The van der Waals surface area contributed by atoms with Crippen LogP contribution in [0.1, 0.15) is 142 Å². The Morgan fingerprint density at radius 1 is 0.467 bits per heavy atom. The number of ether oxygens (including phenoxy) is 6. The van der Waals surface area contributed by atoms with Gasteiger partial charge in [0.05, 0.1) is 52.9 Å². The van der Waals surface area contributed by atoms with Gasteiger partial charge in [-0.15, -0.1) is 0 Å². The summed E-state index contributed by atoms with van der Waals surface area (Å²) in [5, 5.41) is 21.9. The van der Waals surface area contributed by atoms with E-state index in [1.807, 2.05) is 12.1 Å². The molecule has 0 bridgehead atoms. The molecule has 2 aromatic carbocycles. The van der Waals surface area contributed by atoms with Crippen molar-refractivity contribution in [1.82, 2.24) is 0 Å². The van der Waals surface area contributed by atoms with Crippen LogP contribution >= 0.6 is 0 Å². The summed E-state index contributed by atoms with van der Waals surface area (Å²) in [5.41, 5.74) is 9.14. The van der Waals surface area contributed by atoms with E-state index in [-0.39, 0.29) is 0 Å². The predicted octanol–water partition coefficient (Wildman–Crippen LogP) is 12.6. The minimum atomic E-state index is 0.301. The molecule has 60 heavy (non-hydrogen) atoms. The van der Waals surface area contributed by atoms with E-state index in [4.69, 9.17) is 28.4 Å². The van der Waals surface area contributed by atoms with E-state index in [0.717, 1.165) is 98.0 Å². The smallest absolute Gasteiger partial charge is 0.126 e. The van der Waals surface area contributed by atoms with E-state index in [2.05, 4.69) is 91.8 Å². The number of rotatable bonds is 35. The van der Waals surface area contributed by atoms with Crippen molar-refractivity contribution in [2.24, 2.45) is 0 Å². The second-order valence-electron chi connectivity index (χ2n) is 16.4. The van der Waals surface area contributed by atoms with Crippen LogP contribution in [-0.4, -0.2) is 76.3 Å². The average Bonchev–Trinajstić information content (AvgIpc) is 3.19. The molecule has 0 amide bonds. The Bertz CT molecular complexity index is 1460. The lowest BCUT2D eigenvalue weighted by Gasteiger charge is -2.15. The van der Waals surface area contributed by atoms with Crippen molar-refractivity contribution < 1.29 is 38.6 Å². The van der Waals surface area contributed by atoms with Gasteiger partial charge in [-0.1, -0.05) is 86.1 Å². The highest BCUT2D eigenvalue weighted by atomic mass is 16.6. The fraction of sp³-hybridized carbons (Fsp3) is 0.615. The van der Waals surface area contributed by atoms with E-state index in [1.54, 1.807) is 0 Å². The maximum absolute atomic E-state index is 11.0. The normalized spacial score (nSPS) is 11.9. The van der Waals surface area contributed by atoms with E-state index >= 15 is 0 Å². The number of aryl methyl sites for hydroxylation is 2. The molecule has 0 saturated carbocycles. The SMILES string of the molecule is CCCCCc1cc(O)c(C/C=C(\C)CCC=C(C)C)c(OCCOCCOCCOCCOCCOc2cc(CCCCC)cc(O)c2C/C=C(\C)CCC=C(C)C)c1. The third kappa shape index (κ3) is 24.6. The van der Waals surface area contributed by atoms with Gasteiger partial charge in [-0.25, -0.2) is 0 Å². The van der Waals surface area contributed by atoms with E-state index < -0.39 is 0 Å². The summed E-state index contributed by atoms with van der Waals surface area (Å²) in [6, 6.07) is 7.98. The maximum atomic E-state index is 11.0. The fourth-order valence-corrected chi connectivity index (χ4v) is 6.60. The lowest BCUT2D eigenvalue weighted by atomic mass is 10.00. The zero-order valence-electron chi connectivity index (χ0n) is 38.9. The van der Waals surface area contributed by atoms with Gasteiger partial charge in [-0.05, 0) is 141 Å². The summed E-state index contributed by atoms with van der Waals surface area (Å²) < 4.78 is 35.3. The molecular formula is C52H82O8. The van der Waals surface area contributed by atoms with Crippen LogP contribution in [0.4, 0.5) is 0 Å². The molecule has 0 spiro atoms. The Kier molecular flexibility index (Phi) is 29.0. The second-order valence-corrected chi connectivity index (χ2v) is 16.4. The summed E-state index contributed by atoms with van der Waals surface area (Å²) in [6.07, 6.45) is 22.9. The van der Waals surface area contributed by atoms with Crippen LogP contribution in [0.3, 0.4) is 0 Å². The first-order valence-corrected chi connectivity index (χ1v) is 22.9. The van der Waals surface area contributed by atoms with Crippen molar-refractivity contribution in [2.75, 3.05) is 66.1 Å². The Morgan fingerprint density at radius 2 is 0.817 bits per heavy atom. The standard InChI is InChI=1S/C52H82O8/c1-9-11-13-21-45-37-49(53)47(25-23-43(7)19-15-17-41(3)4)51(39-45)59-35-33-57-31-29-55-27-28-56-30-32-58-34-36-60-52-40-46(22-14-12-10-2)38-50(54)48(52)26-24-44(8)20-16-18-42(5)6/h17-18,23-24,37-40,53-54H,9-16,19-22,25-36H2,1-8H3/b43-23+,44-24+. The summed E-state index contributed by atoms with van der Waals surface area (Å²) in [5.74, 6) is 2.08. The van der Waals surface area contributed by atoms with Crippen LogP contribution in [0.25, 0.3) is 0 Å². The van der Waals surface area contributed by atoms with Crippen molar-refractivity contribution in [3.8, 4) is 23.0 Å².